The Kier molecular flexibility index (Phi) is 6.54. The van der Waals surface area contributed by atoms with E-state index in [1.54, 1.807) is 7.11 Å². The molecule has 0 aliphatic carbocycles. The summed E-state index contributed by atoms with van der Waals surface area (Å²) in [5.41, 5.74) is 2.61. The van der Waals surface area contributed by atoms with Crippen molar-refractivity contribution in [2.45, 2.75) is 19.0 Å². The maximum atomic E-state index is 12.2. The Labute approximate surface area is 167 Å². The highest BCUT2D eigenvalue weighted by Crippen LogP contribution is 2.23. The van der Waals surface area contributed by atoms with Crippen molar-refractivity contribution in [3.05, 3.63) is 48.0 Å². The molecule has 2 N–H and O–H groups in total. The third-order valence-electron chi connectivity index (χ3n) is 3.95. The smallest absolute Gasteiger partial charge is 0.234 e. The lowest BCUT2D eigenvalue weighted by Gasteiger charge is -2.09. The van der Waals surface area contributed by atoms with Gasteiger partial charge in [0.15, 0.2) is 11.0 Å². The van der Waals surface area contributed by atoms with Gasteiger partial charge in [0, 0.05) is 11.3 Å². The summed E-state index contributed by atoms with van der Waals surface area (Å²) in [7, 11) is 1.61. The molecule has 0 bridgehead atoms. The van der Waals surface area contributed by atoms with Crippen LogP contribution in [0.25, 0.3) is 11.4 Å². The minimum atomic E-state index is -0.114. The second kappa shape index (κ2) is 9.27. The summed E-state index contributed by atoms with van der Waals surface area (Å²) >= 11 is 1.30. The predicted molar refractivity (Wildman–Crippen MR) is 110 cm³/mol. The number of ether oxygens (including phenoxy) is 2. The molecule has 0 saturated carbocycles. The van der Waals surface area contributed by atoms with Gasteiger partial charge in [-0.2, -0.15) is 0 Å². The molecule has 7 nitrogen and oxygen atoms in total. The maximum Gasteiger partial charge on any atom is 0.234 e. The van der Waals surface area contributed by atoms with Gasteiger partial charge >= 0.3 is 0 Å². The Bertz CT molecular complexity index is 941. The summed E-state index contributed by atoms with van der Waals surface area (Å²) in [4.78, 5) is 15.4. The number of hydrogen-bond acceptors (Lipinski definition) is 6. The largest absolute Gasteiger partial charge is 0.497 e. The van der Waals surface area contributed by atoms with Gasteiger partial charge in [-0.15, -0.1) is 10.2 Å². The zero-order valence-electron chi connectivity index (χ0n) is 16.0. The van der Waals surface area contributed by atoms with Crippen LogP contribution in [0.3, 0.4) is 0 Å². The molecule has 8 heteroatoms. The molecule has 1 heterocycles. The molecule has 0 aliphatic heterocycles. The van der Waals surface area contributed by atoms with E-state index in [2.05, 4.69) is 20.5 Å². The number of amides is 1. The number of aryl methyl sites for hydroxylation is 1. The summed E-state index contributed by atoms with van der Waals surface area (Å²) in [6.07, 6.45) is 0. The number of aromatic amines is 1. The SMILES string of the molecule is CCOc1ccc(-c2nnc(SCC(=O)Nc3ccc(OC)cc3C)[nH]2)cc1. The Morgan fingerprint density at radius 1 is 1.14 bits per heavy atom. The van der Waals surface area contributed by atoms with Gasteiger partial charge < -0.3 is 19.8 Å². The topological polar surface area (TPSA) is 89.1 Å². The molecule has 2 aromatic carbocycles. The summed E-state index contributed by atoms with van der Waals surface area (Å²) in [6.45, 7) is 4.49. The van der Waals surface area contributed by atoms with Crippen molar-refractivity contribution in [3.63, 3.8) is 0 Å². The molecule has 0 radical (unpaired) electrons. The fourth-order valence-corrected chi connectivity index (χ4v) is 3.15. The van der Waals surface area contributed by atoms with Crippen molar-refractivity contribution in [3.8, 4) is 22.9 Å². The van der Waals surface area contributed by atoms with Crippen LogP contribution in [-0.4, -0.2) is 40.6 Å². The van der Waals surface area contributed by atoms with E-state index in [4.69, 9.17) is 9.47 Å². The number of aromatic nitrogens is 3. The monoisotopic (exact) mass is 398 g/mol. The molecule has 146 valence electrons. The van der Waals surface area contributed by atoms with Crippen LogP contribution in [0.1, 0.15) is 12.5 Å². The fraction of sp³-hybridized carbons (Fsp3) is 0.250. The van der Waals surface area contributed by atoms with Crippen molar-refractivity contribution in [1.29, 1.82) is 0 Å². The van der Waals surface area contributed by atoms with Gasteiger partial charge in [0.2, 0.25) is 5.91 Å². The van der Waals surface area contributed by atoms with Crippen LogP contribution in [0.5, 0.6) is 11.5 Å². The first kappa shape index (κ1) is 19.8. The number of carbonyl (C=O) groups is 1. The first-order chi connectivity index (χ1) is 13.6. The van der Waals surface area contributed by atoms with Gasteiger partial charge in [0.1, 0.15) is 11.5 Å². The first-order valence-electron chi connectivity index (χ1n) is 8.82. The zero-order chi connectivity index (χ0) is 19.9. The minimum Gasteiger partial charge on any atom is -0.497 e. The number of carbonyl (C=O) groups excluding carboxylic acids is 1. The molecule has 1 aromatic heterocycles. The first-order valence-corrected chi connectivity index (χ1v) is 9.80. The van der Waals surface area contributed by atoms with Crippen molar-refractivity contribution >= 4 is 23.4 Å². The van der Waals surface area contributed by atoms with E-state index in [-0.39, 0.29) is 11.7 Å². The number of rotatable bonds is 8. The van der Waals surface area contributed by atoms with Crippen LogP contribution >= 0.6 is 11.8 Å². The van der Waals surface area contributed by atoms with Crippen LogP contribution in [0.15, 0.2) is 47.6 Å². The van der Waals surface area contributed by atoms with Gasteiger partial charge in [-0.05, 0) is 61.9 Å². The Morgan fingerprint density at radius 3 is 2.57 bits per heavy atom. The molecular weight excluding hydrogens is 376 g/mol. The van der Waals surface area contributed by atoms with E-state index in [1.165, 1.54) is 11.8 Å². The third-order valence-corrected chi connectivity index (χ3v) is 4.82. The molecule has 0 saturated heterocycles. The van der Waals surface area contributed by atoms with Crippen LogP contribution in [0.4, 0.5) is 5.69 Å². The molecule has 3 rings (SSSR count). The number of anilines is 1. The van der Waals surface area contributed by atoms with Crippen molar-refractivity contribution in [1.82, 2.24) is 15.2 Å². The zero-order valence-corrected chi connectivity index (χ0v) is 16.8. The lowest BCUT2D eigenvalue weighted by atomic mass is 10.2. The Morgan fingerprint density at radius 2 is 1.89 bits per heavy atom. The van der Waals surface area contributed by atoms with Gasteiger partial charge in [0.05, 0.1) is 19.5 Å². The number of nitrogens with one attached hydrogen (secondary N) is 2. The Hall–Kier alpha value is -3.00. The van der Waals surface area contributed by atoms with Gasteiger partial charge in [-0.1, -0.05) is 11.8 Å². The number of hydrogen-bond donors (Lipinski definition) is 2. The minimum absolute atomic E-state index is 0.114. The molecule has 28 heavy (non-hydrogen) atoms. The van der Waals surface area contributed by atoms with Crippen LogP contribution < -0.4 is 14.8 Å². The second-order valence-corrected chi connectivity index (χ2v) is 6.92. The number of benzene rings is 2. The molecule has 3 aromatic rings. The number of nitrogens with zero attached hydrogens (tertiary/aromatic N) is 2. The number of H-pyrrole nitrogens is 1. The summed E-state index contributed by atoms with van der Waals surface area (Å²) in [5, 5.41) is 11.7. The second-order valence-electron chi connectivity index (χ2n) is 5.95. The molecule has 1 amide bonds. The quantitative estimate of drug-likeness (QED) is 0.559. The van der Waals surface area contributed by atoms with Crippen LogP contribution in [0.2, 0.25) is 0 Å². The summed E-state index contributed by atoms with van der Waals surface area (Å²) in [6, 6.07) is 13.1. The standard InChI is InChI=1S/C20H22N4O3S/c1-4-27-15-7-5-14(6-8-15)19-22-20(24-23-19)28-12-18(25)21-17-10-9-16(26-3)11-13(17)2/h5-11H,4,12H2,1-3H3,(H,21,25)(H,22,23,24). The highest BCUT2D eigenvalue weighted by molar-refractivity contribution is 7.99. The van der Waals surface area contributed by atoms with Gasteiger partial charge in [-0.3, -0.25) is 4.79 Å². The number of thioether (sulfide) groups is 1. The van der Waals surface area contributed by atoms with E-state index in [0.29, 0.717) is 17.6 Å². The molecule has 0 aliphatic rings. The molecular formula is C20H22N4O3S. The highest BCUT2D eigenvalue weighted by Gasteiger charge is 2.10. The van der Waals surface area contributed by atoms with E-state index in [1.807, 2.05) is 56.3 Å². The van der Waals surface area contributed by atoms with Crippen LogP contribution in [-0.2, 0) is 4.79 Å². The predicted octanol–water partition coefficient (Wildman–Crippen LogP) is 3.92. The third kappa shape index (κ3) is 5.04. The van der Waals surface area contributed by atoms with Crippen molar-refractivity contribution in [2.75, 3.05) is 24.8 Å². The summed E-state index contributed by atoms with van der Waals surface area (Å²) in [5.74, 6) is 2.33. The average molecular weight is 398 g/mol. The molecule has 0 unspecified atom stereocenters. The normalized spacial score (nSPS) is 10.5. The van der Waals surface area contributed by atoms with Crippen molar-refractivity contribution < 1.29 is 14.3 Å². The molecule has 0 atom stereocenters. The van der Waals surface area contributed by atoms with E-state index < -0.39 is 0 Å². The Balaban J connectivity index is 1.56. The van der Waals surface area contributed by atoms with Gasteiger partial charge in [0.25, 0.3) is 0 Å². The molecule has 0 spiro atoms. The highest BCUT2D eigenvalue weighted by atomic mass is 32.2. The maximum absolute atomic E-state index is 12.2. The number of methoxy groups -OCH3 is 1. The lowest BCUT2D eigenvalue weighted by molar-refractivity contribution is -0.113. The van der Waals surface area contributed by atoms with E-state index in [0.717, 1.165) is 28.3 Å². The average Bonchev–Trinajstić information content (AvgIpc) is 3.18. The van der Waals surface area contributed by atoms with E-state index in [9.17, 15) is 4.79 Å². The van der Waals surface area contributed by atoms with Crippen molar-refractivity contribution in [2.24, 2.45) is 0 Å². The van der Waals surface area contributed by atoms with Crippen LogP contribution in [0, 0.1) is 6.92 Å². The fourth-order valence-electron chi connectivity index (χ4n) is 2.54. The van der Waals surface area contributed by atoms with E-state index >= 15 is 0 Å². The summed E-state index contributed by atoms with van der Waals surface area (Å²) < 4.78 is 10.6. The molecule has 0 fully saturated rings. The van der Waals surface area contributed by atoms with Gasteiger partial charge in [-0.25, -0.2) is 0 Å². The lowest BCUT2D eigenvalue weighted by Crippen LogP contribution is -2.15.